The molecule has 204 valence electrons. The molecular formula is C33H54O3. The maximum absolute atomic E-state index is 11.0. The van der Waals surface area contributed by atoms with Gasteiger partial charge in [-0.15, -0.1) is 0 Å². The average Bonchev–Trinajstić information content (AvgIpc) is 2.75. The van der Waals surface area contributed by atoms with Crippen molar-refractivity contribution in [3.63, 3.8) is 0 Å². The van der Waals surface area contributed by atoms with E-state index in [1.165, 1.54) is 51.4 Å². The number of ether oxygens (including phenoxy) is 2. The van der Waals surface area contributed by atoms with Crippen molar-refractivity contribution in [1.82, 2.24) is 0 Å². The third-order valence-electron chi connectivity index (χ3n) is 13.8. The van der Waals surface area contributed by atoms with E-state index in [0.717, 1.165) is 19.4 Å². The Bertz CT molecular complexity index is 969. The highest BCUT2D eigenvalue weighted by Crippen LogP contribution is 2.76. The lowest BCUT2D eigenvalue weighted by atomic mass is 9.34. The van der Waals surface area contributed by atoms with Gasteiger partial charge >= 0.3 is 0 Å². The first kappa shape index (κ1) is 25.9. The van der Waals surface area contributed by atoms with Crippen LogP contribution in [0.15, 0.2) is 11.1 Å². The molecule has 1 spiro atoms. The van der Waals surface area contributed by atoms with E-state index >= 15 is 0 Å². The number of aliphatic hydroxyl groups excluding tert-OH is 1. The van der Waals surface area contributed by atoms with Crippen LogP contribution < -0.4 is 0 Å². The van der Waals surface area contributed by atoms with Crippen molar-refractivity contribution in [2.75, 3.05) is 6.61 Å². The van der Waals surface area contributed by atoms with Gasteiger partial charge in [0.1, 0.15) is 0 Å². The molecule has 6 aliphatic rings. The second kappa shape index (κ2) is 7.42. The number of hydrogen-bond donors (Lipinski definition) is 1. The molecule has 3 heteroatoms. The lowest BCUT2D eigenvalue weighted by Gasteiger charge is -2.72. The minimum atomic E-state index is -0.496. The summed E-state index contributed by atoms with van der Waals surface area (Å²) in [6.07, 6.45) is 12.2. The Hall–Kier alpha value is -0.380. The van der Waals surface area contributed by atoms with Gasteiger partial charge in [0.2, 0.25) is 0 Å². The first-order chi connectivity index (χ1) is 16.5. The maximum atomic E-state index is 11.0. The highest BCUT2D eigenvalue weighted by atomic mass is 16.7. The molecule has 5 fully saturated rings. The van der Waals surface area contributed by atoms with Gasteiger partial charge in [-0.2, -0.15) is 0 Å². The third kappa shape index (κ3) is 3.15. The van der Waals surface area contributed by atoms with Crippen molar-refractivity contribution < 1.29 is 14.6 Å². The third-order valence-corrected chi connectivity index (χ3v) is 13.8. The van der Waals surface area contributed by atoms with Gasteiger partial charge in [-0.05, 0) is 117 Å². The summed E-state index contributed by atoms with van der Waals surface area (Å²) in [5.74, 6) is 0.824. The van der Waals surface area contributed by atoms with Gasteiger partial charge in [-0.1, -0.05) is 59.6 Å². The fourth-order valence-electron chi connectivity index (χ4n) is 11.5. The summed E-state index contributed by atoms with van der Waals surface area (Å²) in [6, 6.07) is 0. The SMILES string of the molecule is CC1(C)CC[C@]23COC(C)(C)O[C@@H]2C[C@]2(C)C(=C3C1)CC[C@@H]1[C@@]3(C)CC[C@H](O)C(C)(C)[C@@H]3CC[C@]12C. The van der Waals surface area contributed by atoms with Crippen LogP contribution in [0.4, 0.5) is 0 Å². The summed E-state index contributed by atoms with van der Waals surface area (Å²) in [6.45, 7) is 22.7. The number of allylic oxidation sites excluding steroid dienone is 1. The van der Waals surface area contributed by atoms with Crippen LogP contribution in [0.1, 0.15) is 127 Å². The molecular weight excluding hydrogens is 444 g/mol. The molecule has 1 aliphatic heterocycles. The molecule has 36 heavy (non-hydrogen) atoms. The van der Waals surface area contributed by atoms with Crippen LogP contribution in [0.25, 0.3) is 0 Å². The molecule has 1 heterocycles. The van der Waals surface area contributed by atoms with Gasteiger partial charge in [-0.3, -0.25) is 0 Å². The molecule has 6 rings (SSSR count). The molecule has 0 aromatic rings. The van der Waals surface area contributed by atoms with Gasteiger partial charge in [0.05, 0.1) is 18.8 Å². The summed E-state index contributed by atoms with van der Waals surface area (Å²) in [5, 5.41) is 11.0. The molecule has 3 nitrogen and oxygen atoms in total. The van der Waals surface area contributed by atoms with Crippen LogP contribution in [0.2, 0.25) is 0 Å². The van der Waals surface area contributed by atoms with Crippen molar-refractivity contribution in [2.24, 2.45) is 44.3 Å². The Balaban J connectivity index is 1.48. The van der Waals surface area contributed by atoms with Crippen molar-refractivity contribution in [2.45, 2.75) is 145 Å². The predicted molar refractivity (Wildman–Crippen MR) is 145 cm³/mol. The molecule has 0 amide bonds. The first-order valence-electron chi connectivity index (χ1n) is 15.2. The largest absolute Gasteiger partial charge is 0.393 e. The molecule has 0 aromatic heterocycles. The summed E-state index contributed by atoms with van der Waals surface area (Å²) < 4.78 is 13.4. The van der Waals surface area contributed by atoms with E-state index in [1.807, 2.05) is 5.57 Å². The van der Waals surface area contributed by atoms with Crippen LogP contribution in [-0.4, -0.2) is 29.7 Å². The molecule has 1 saturated heterocycles. The standard InChI is InChI=1S/C33H54O3/c1-27(2)16-17-33-20-35-29(5,6)36-26(33)19-32(9)21(22(33)18-27)10-11-24-30(7)14-13-25(34)28(3,4)23(30)12-15-31(24,32)8/h23-26,34H,10-20H2,1-9H3/t23-,24+,25-,26+,30-,31+,32+,33+/m0/s1. The van der Waals surface area contributed by atoms with Crippen LogP contribution in [-0.2, 0) is 9.47 Å². The van der Waals surface area contributed by atoms with E-state index in [2.05, 4.69) is 62.3 Å². The van der Waals surface area contributed by atoms with Crippen LogP contribution >= 0.6 is 0 Å². The highest BCUT2D eigenvalue weighted by Gasteiger charge is 2.69. The average molecular weight is 499 g/mol. The summed E-state index contributed by atoms with van der Waals surface area (Å²) >= 11 is 0. The number of fused-ring (bicyclic) bond motifs is 5. The summed E-state index contributed by atoms with van der Waals surface area (Å²) in [7, 11) is 0. The molecule has 1 N–H and O–H groups in total. The van der Waals surface area contributed by atoms with E-state index in [0.29, 0.717) is 22.7 Å². The number of aliphatic hydroxyl groups is 1. The molecule has 0 aromatic carbocycles. The van der Waals surface area contributed by atoms with Crippen LogP contribution in [0.3, 0.4) is 0 Å². The Morgan fingerprint density at radius 1 is 0.778 bits per heavy atom. The summed E-state index contributed by atoms with van der Waals surface area (Å²) in [5.41, 5.74) is 4.77. The first-order valence-corrected chi connectivity index (χ1v) is 15.2. The van der Waals surface area contributed by atoms with Crippen molar-refractivity contribution >= 4 is 0 Å². The molecule has 0 radical (unpaired) electrons. The van der Waals surface area contributed by atoms with Gasteiger partial charge in [-0.25, -0.2) is 0 Å². The zero-order valence-corrected chi connectivity index (χ0v) is 24.9. The van der Waals surface area contributed by atoms with E-state index in [9.17, 15) is 5.11 Å². The Labute approximate surface area is 221 Å². The second-order valence-electron chi connectivity index (χ2n) is 16.8. The van der Waals surface area contributed by atoms with Gasteiger partial charge in [0.15, 0.2) is 5.79 Å². The normalized spacial score (nSPS) is 52.8. The van der Waals surface area contributed by atoms with Gasteiger partial charge in [0.25, 0.3) is 0 Å². The second-order valence-corrected chi connectivity index (χ2v) is 16.8. The zero-order chi connectivity index (χ0) is 26.2. The quantitative estimate of drug-likeness (QED) is 0.343. The van der Waals surface area contributed by atoms with E-state index in [1.54, 1.807) is 5.57 Å². The molecule has 0 bridgehead atoms. The highest BCUT2D eigenvalue weighted by molar-refractivity contribution is 5.40. The lowest BCUT2D eigenvalue weighted by molar-refractivity contribution is -0.328. The minimum absolute atomic E-state index is 0.0108. The van der Waals surface area contributed by atoms with E-state index in [-0.39, 0.29) is 33.9 Å². The smallest absolute Gasteiger partial charge is 0.163 e. The summed E-state index contributed by atoms with van der Waals surface area (Å²) in [4.78, 5) is 0. The fraction of sp³-hybridized carbons (Fsp3) is 0.939. The molecule has 4 saturated carbocycles. The Kier molecular flexibility index (Phi) is 5.33. The van der Waals surface area contributed by atoms with Gasteiger partial charge in [0, 0.05) is 5.41 Å². The maximum Gasteiger partial charge on any atom is 0.163 e. The minimum Gasteiger partial charge on any atom is -0.393 e. The monoisotopic (exact) mass is 498 g/mol. The Morgan fingerprint density at radius 2 is 1.50 bits per heavy atom. The Morgan fingerprint density at radius 3 is 2.22 bits per heavy atom. The van der Waals surface area contributed by atoms with Crippen LogP contribution in [0.5, 0.6) is 0 Å². The zero-order valence-electron chi connectivity index (χ0n) is 24.9. The fourth-order valence-corrected chi connectivity index (χ4v) is 11.5. The lowest BCUT2D eigenvalue weighted by Crippen LogP contribution is -2.67. The van der Waals surface area contributed by atoms with E-state index in [4.69, 9.17) is 9.47 Å². The van der Waals surface area contributed by atoms with Gasteiger partial charge < -0.3 is 14.6 Å². The van der Waals surface area contributed by atoms with Crippen molar-refractivity contribution in [1.29, 1.82) is 0 Å². The van der Waals surface area contributed by atoms with E-state index < -0.39 is 5.79 Å². The molecule has 8 atom stereocenters. The number of hydrogen-bond acceptors (Lipinski definition) is 3. The predicted octanol–water partition coefficient (Wildman–Crippen LogP) is 8.05. The number of rotatable bonds is 0. The molecule has 0 unspecified atom stereocenters. The topological polar surface area (TPSA) is 38.7 Å². The van der Waals surface area contributed by atoms with Crippen LogP contribution in [0, 0.1) is 44.3 Å². The van der Waals surface area contributed by atoms with Crippen molar-refractivity contribution in [3.8, 4) is 0 Å². The van der Waals surface area contributed by atoms with Crippen molar-refractivity contribution in [3.05, 3.63) is 11.1 Å². The molecule has 5 aliphatic carbocycles.